The highest BCUT2D eigenvalue weighted by molar-refractivity contribution is 6.04. The number of imidazole rings is 1. The summed E-state index contributed by atoms with van der Waals surface area (Å²) in [4.78, 5) is 26.9. The second kappa shape index (κ2) is 8.31. The molecule has 2 N–H and O–H groups in total. The fourth-order valence-corrected chi connectivity index (χ4v) is 4.44. The predicted molar refractivity (Wildman–Crippen MR) is 126 cm³/mol. The maximum atomic E-state index is 11.9. The van der Waals surface area contributed by atoms with E-state index in [-0.39, 0.29) is 12.4 Å². The standard InChI is InChI=1S/C26H22N4O4/c31-26(32)21-6-3-7-22-23(21)30(25(27-22)18-12-13-18)14-16-8-10-17(11-9-16)19-4-1-2-5-20(19)24-28-33-15-34-29-24/h1-11,18H,12-15H2,(H,28,29)(H,31,32). The molecule has 34 heavy (non-hydrogen) atoms. The number of carboxylic acids is 1. The molecule has 8 nitrogen and oxygen atoms in total. The van der Waals surface area contributed by atoms with Crippen molar-refractivity contribution in [3.63, 3.8) is 0 Å². The van der Waals surface area contributed by atoms with Gasteiger partial charge >= 0.3 is 5.97 Å². The molecule has 0 bridgehead atoms. The third-order valence-electron chi connectivity index (χ3n) is 6.19. The monoisotopic (exact) mass is 454 g/mol. The normalized spacial score (nSPS) is 15.5. The molecule has 2 aliphatic rings. The number of rotatable bonds is 6. The van der Waals surface area contributed by atoms with Crippen molar-refractivity contribution in [1.82, 2.24) is 15.0 Å². The van der Waals surface area contributed by atoms with Crippen molar-refractivity contribution in [1.29, 1.82) is 0 Å². The van der Waals surface area contributed by atoms with Gasteiger partial charge in [0, 0.05) is 18.0 Å². The van der Waals surface area contributed by atoms with Crippen LogP contribution in [-0.4, -0.2) is 33.3 Å². The van der Waals surface area contributed by atoms with Crippen LogP contribution in [0, 0.1) is 0 Å². The van der Waals surface area contributed by atoms with Gasteiger partial charge in [-0.2, -0.15) is 0 Å². The van der Waals surface area contributed by atoms with E-state index in [1.54, 1.807) is 12.1 Å². The SMILES string of the molecule is O=C(O)c1cccc2nc(C3CC3)n(Cc3ccc(-c4ccccc4C4=NOCON4)cc3)c12. The molecule has 1 aromatic heterocycles. The molecule has 170 valence electrons. The summed E-state index contributed by atoms with van der Waals surface area (Å²) < 4.78 is 2.08. The lowest BCUT2D eigenvalue weighted by Crippen LogP contribution is -2.30. The van der Waals surface area contributed by atoms with Gasteiger partial charge in [-0.1, -0.05) is 59.8 Å². The first-order valence-corrected chi connectivity index (χ1v) is 11.2. The Morgan fingerprint density at radius 3 is 2.53 bits per heavy atom. The lowest BCUT2D eigenvalue weighted by molar-refractivity contribution is -0.0977. The van der Waals surface area contributed by atoms with Crippen molar-refractivity contribution in [3.8, 4) is 11.1 Å². The summed E-state index contributed by atoms with van der Waals surface area (Å²) in [5.41, 5.74) is 8.48. The van der Waals surface area contributed by atoms with Gasteiger partial charge in [0.1, 0.15) is 5.82 Å². The van der Waals surface area contributed by atoms with Gasteiger partial charge in [0.05, 0.1) is 16.6 Å². The molecule has 2 heterocycles. The molecule has 0 spiro atoms. The number of carboxylic acid groups (broad SMARTS) is 1. The highest BCUT2D eigenvalue weighted by Crippen LogP contribution is 2.41. The van der Waals surface area contributed by atoms with Gasteiger partial charge in [0.25, 0.3) is 0 Å². The maximum Gasteiger partial charge on any atom is 0.337 e. The number of para-hydroxylation sites is 1. The lowest BCUT2D eigenvalue weighted by Gasteiger charge is -2.17. The van der Waals surface area contributed by atoms with E-state index in [0.29, 0.717) is 23.8 Å². The number of carbonyl (C=O) groups is 1. The second-order valence-electron chi connectivity index (χ2n) is 8.48. The third-order valence-corrected chi connectivity index (χ3v) is 6.19. The Bertz CT molecular complexity index is 1420. The van der Waals surface area contributed by atoms with Gasteiger partial charge in [-0.3, -0.25) is 0 Å². The average molecular weight is 454 g/mol. The van der Waals surface area contributed by atoms with E-state index in [9.17, 15) is 9.90 Å². The highest BCUT2D eigenvalue weighted by Gasteiger charge is 2.30. The van der Waals surface area contributed by atoms with Crippen LogP contribution < -0.4 is 5.48 Å². The molecule has 1 aliphatic heterocycles. The quantitative estimate of drug-likeness (QED) is 0.445. The van der Waals surface area contributed by atoms with Crippen molar-refractivity contribution in [2.45, 2.75) is 25.3 Å². The van der Waals surface area contributed by atoms with Crippen LogP contribution in [0.3, 0.4) is 0 Å². The second-order valence-corrected chi connectivity index (χ2v) is 8.48. The number of hydroxylamine groups is 1. The number of fused-ring (bicyclic) bond motifs is 1. The Kier molecular flexibility index (Phi) is 5.00. The summed E-state index contributed by atoms with van der Waals surface area (Å²) in [5, 5.41) is 13.8. The summed E-state index contributed by atoms with van der Waals surface area (Å²) in [6.07, 6.45) is 2.18. The minimum atomic E-state index is -0.937. The molecule has 0 unspecified atom stereocenters. The molecule has 1 aliphatic carbocycles. The Morgan fingerprint density at radius 1 is 1.03 bits per heavy atom. The number of hydrogen-bond acceptors (Lipinski definition) is 6. The van der Waals surface area contributed by atoms with Crippen molar-refractivity contribution in [2.75, 3.05) is 6.79 Å². The van der Waals surface area contributed by atoms with Crippen molar-refractivity contribution >= 4 is 22.8 Å². The number of oxime groups is 1. The van der Waals surface area contributed by atoms with Crippen molar-refractivity contribution in [3.05, 3.63) is 89.2 Å². The molecule has 0 saturated heterocycles. The third kappa shape index (κ3) is 3.68. The summed E-state index contributed by atoms with van der Waals surface area (Å²) in [6.45, 7) is 0.625. The van der Waals surface area contributed by atoms with Crippen LogP contribution in [0.2, 0.25) is 0 Å². The van der Waals surface area contributed by atoms with Crippen LogP contribution in [0.25, 0.3) is 22.2 Å². The van der Waals surface area contributed by atoms with Gasteiger partial charge in [0.15, 0.2) is 5.84 Å². The van der Waals surface area contributed by atoms with Crippen LogP contribution in [0.15, 0.2) is 71.9 Å². The van der Waals surface area contributed by atoms with E-state index >= 15 is 0 Å². The number of hydrogen-bond donors (Lipinski definition) is 2. The number of amidine groups is 1. The first-order chi connectivity index (χ1) is 16.7. The van der Waals surface area contributed by atoms with E-state index in [1.165, 1.54) is 0 Å². The van der Waals surface area contributed by atoms with Gasteiger partial charge < -0.3 is 14.5 Å². The Morgan fingerprint density at radius 2 is 1.82 bits per heavy atom. The molecular weight excluding hydrogens is 432 g/mol. The fourth-order valence-electron chi connectivity index (χ4n) is 4.44. The zero-order valence-electron chi connectivity index (χ0n) is 18.3. The first kappa shape index (κ1) is 20.4. The van der Waals surface area contributed by atoms with Gasteiger partial charge in [-0.25, -0.2) is 20.1 Å². The first-order valence-electron chi connectivity index (χ1n) is 11.2. The van der Waals surface area contributed by atoms with Crippen LogP contribution >= 0.6 is 0 Å². The van der Waals surface area contributed by atoms with Gasteiger partial charge in [0.2, 0.25) is 6.79 Å². The van der Waals surface area contributed by atoms with Crippen LogP contribution in [0.5, 0.6) is 0 Å². The highest BCUT2D eigenvalue weighted by atomic mass is 16.8. The summed E-state index contributed by atoms with van der Waals surface area (Å²) in [5.74, 6) is 0.951. The number of nitrogens with one attached hydrogen (secondary N) is 1. The lowest BCUT2D eigenvalue weighted by atomic mass is 9.98. The molecule has 8 heteroatoms. The van der Waals surface area contributed by atoms with E-state index in [1.807, 2.05) is 30.3 Å². The minimum absolute atomic E-state index is 0.0652. The van der Waals surface area contributed by atoms with E-state index < -0.39 is 5.97 Å². The molecule has 1 saturated carbocycles. The number of nitrogens with zero attached hydrogens (tertiary/aromatic N) is 3. The molecule has 0 radical (unpaired) electrons. The van der Waals surface area contributed by atoms with Crippen LogP contribution in [0.4, 0.5) is 0 Å². The number of aromatic nitrogens is 2. The number of aromatic carboxylic acids is 1. The fraction of sp³-hybridized carbons (Fsp3) is 0.192. The molecule has 0 atom stereocenters. The molecule has 0 amide bonds. The number of benzene rings is 3. The summed E-state index contributed by atoms with van der Waals surface area (Å²) >= 11 is 0. The molecule has 4 aromatic rings. The Balaban J connectivity index is 1.36. The zero-order valence-corrected chi connectivity index (χ0v) is 18.3. The zero-order chi connectivity index (χ0) is 23.1. The average Bonchev–Trinajstić information content (AvgIpc) is 3.66. The van der Waals surface area contributed by atoms with Gasteiger partial charge in [-0.15, -0.1) is 0 Å². The van der Waals surface area contributed by atoms with Crippen molar-refractivity contribution < 1.29 is 19.6 Å². The summed E-state index contributed by atoms with van der Waals surface area (Å²) in [7, 11) is 0. The Labute approximate surface area is 195 Å². The predicted octanol–water partition coefficient (Wildman–Crippen LogP) is 4.50. The smallest absolute Gasteiger partial charge is 0.337 e. The topological polar surface area (TPSA) is 98.0 Å². The maximum absolute atomic E-state index is 11.9. The van der Waals surface area contributed by atoms with Crippen LogP contribution in [-0.2, 0) is 16.2 Å². The molecular formula is C26H22N4O4. The van der Waals surface area contributed by atoms with E-state index in [2.05, 4.69) is 39.5 Å². The Hall–Kier alpha value is -4.17. The molecule has 3 aromatic carbocycles. The summed E-state index contributed by atoms with van der Waals surface area (Å²) in [6, 6.07) is 21.5. The largest absolute Gasteiger partial charge is 0.478 e. The van der Waals surface area contributed by atoms with Gasteiger partial charge in [-0.05, 0) is 41.7 Å². The van der Waals surface area contributed by atoms with E-state index in [0.717, 1.165) is 46.4 Å². The molecule has 1 fully saturated rings. The minimum Gasteiger partial charge on any atom is -0.478 e. The molecule has 6 rings (SSSR count). The van der Waals surface area contributed by atoms with Crippen molar-refractivity contribution in [2.24, 2.45) is 5.16 Å². The van der Waals surface area contributed by atoms with E-state index in [4.69, 9.17) is 14.7 Å². The van der Waals surface area contributed by atoms with Crippen LogP contribution in [0.1, 0.15) is 46.1 Å².